The number of carbonyl (C=O) groups is 1. The molecule has 0 radical (unpaired) electrons. The molecule has 3 N–H and O–H groups in total. The fourth-order valence-electron chi connectivity index (χ4n) is 2.38. The zero-order valence-electron chi connectivity index (χ0n) is 13.1. The molecule has 24 heavy (non-hydrogen) atoms. The molecular formula is C20H18N2O2. The highest BCUT2D eigenvalue weighted by Gasteiger charge is 2.09. The molecule has 0 heterocycles. The van der Waals surface area contributed by atoms with Gasteiger partial charge in [-0.05, 0) is 30.3 Å². The van der Waals surface area contributed by atoms with E-state index in [9.17, 15) is 9.90 Å². The van der Waals surface area contributed by atoms with E-state index in [1.54, 1.807) is 24.3 Å². The molecule has 0 spiro atoms. The summed E-state index contributed by atoms with van der Waals surface area (Å²) >= 11 is 0. The highest BCUT2D eigenvalue weighted by atomic mass is 16.3. The molecule has 0 unspecified atom stereocenters. The number of nitrogens with one attached hydrogen (secondary N) is 2. The molecule has 1 amide bonds. The number of anilines is 2. The van der Waals surface area contributed by atoms with Gasteiger partial charge in [-0.3, -0.25) is 4.79 Å². The van der Waals surface area contributed by atoms with Gasteiger partial charge in [0.1, 0.15) is 5.75 Å². The molecule has 3 aromatic carbocycles. The Labute approximate surface area is 140 Å². The Morgan fingerprint density at radius 2 is 1.42 bits per heavy atom. The van der Waals surface area contributed by atoms with Crippen LogP contribution in [0.3, 0.4) is 0 Å². The van der Waals surface area contributed by atoms with Gasteiger partial charge < -0.3 is 15.7 Å². The Hall–Kier alpha value is -3.27. The monoisotopic (exact) mass is 318 g/mol. The first-order chi connectivity index (χ1) is 11.7. The van der Waals surface area contributed by atoms with Crippen molar-refractivity contribution in [3.63, 3.8) is 0 Å². The smallest absolute Gasteiger partial charge is 0.255 e. The van der Waals surface area contributed by atoms with Crippen LogP contribution in [0.5, 0.6) is 5.75 Å². The summed E-state index contributed by atoms with van der Waals surface area (Å²) in [6.07, 6.45) is 0. The number of hydrogen-bond donors (Lipinski definition) is 3. The SMILES string of the molecule is O=C(Nc1ccccc1NCc1ccccc1O)c1ccccc1. The second-order valence-electron chi connectivity index (χ2n) is 5.35. The number of para-hydroxylation sites is 3. The maximum absolute atomic E-state index is 12.3. The maximum Gasteiger partial charge on any atom is 0.255 e. The van der Waals surface area contributed by atoms with Crippen LogP contribution in [-0.2, 0) is 6.54 Å². The average Bonchev–Trinajstić information content (AvgIpc) is 2.63. The Morgan fingerprint density at radius 3 is 2.17 bits per heavy atom. The third kappa shape index (κ3) is 3.73. The summed E-state index contributed by atoms with van der Waals surface area (Å²) in [5.74, 6) is 0.0863. The minimum absolute atomic E-state index is 0.160. The van der Waals surface area contributed by atoms with E-state index in [1.807, 2.05) is 54.6 Å². The number of benzene rings is 3. The molecule has 0 aliphatic rings. The van der Waals surface area contributed by atoms with Crippen LogP contribution in [-0.4, -0.2) is 11.0 Å². The molecule has 0 aliphatic heterocycles. The summed E-state index contributed by atoms with van der Waals surface area (Å²) in [5.41, 5.74) is 2.89. The molecule has 4 nitrogen and oxygen atoms in total. The average molecular weight is 318 g/mol. The quantitative estimate of drug-likeness (QED) is 0.659. The van der Waals surface area contributed by atoms with E-state index >= 15 is 0 Å². The van der Waals surface area contributed by atoms with E-state index in [0.29, 0.717) is 17.8 Å². The summed E-state index contributed by atoms with van der Waals surface area (Å²) in [6, 6.07) is 23.7. The highest BCUT2D eigenvalue weighted by molar-refractivity contribution is 6.05. The highest BCUT2D eigenvalue weighted by Crippen LogP contribution is 2.24. The number of rotatable bonds is 5. The van der Waals surface area contributed by atoms with Gasteiger partial charge in [0.25, 0.3) is 5.91 Å². The van der Waals surface area contributed by atoms with Gasteiger partial charge in [0.2, 0.25) is 0 Å². The molecular weight excluding hydrogens is 300 g/mol. The Bertz CT molecular complexity index is 832. The number of phenolic OH excluding ortho intramolecular Hbond substituents is 1. The first-order valence-electron chi connectivity index (χ1n) is 7.70. The van der Waals surface area contributed by atoms with Crippen molar-refractivity contribution in [2.24, 2.45) is 0 Å². The van der Waals surface area contributed by atoms with E-state index in [1.165, 1.54) is 0 Å². The van der Waals surface area contributed by atoms with Crippen LogP contribution < -0.4 is 10.6 Å². The Morgan fingerprint density at radius 1 is 0.792 bits per heavy atom. The second kappa shape index (κ2) is 7.33. The third-order valence-electron chi connectivity index (χ3n) is 3.67. The lowest BCUT2D eigenvalue weighted by Gasteiger charge is -2.13. The normalized spacial score (nSPS) is 10.2. The predicted octanol–water partition coefficient (Wildman–Crippen LogP) is 4.26. The van der Waals surface area contributed by atoms with Crippen LogP contribution in [0, 0.1) is 0 Å². The standard InChI is InChI=1S/C20H18N2O2/c23-19-13-7-4-10-16(19)14-21-17-11-5-6-12-18(17)22-20(24)15-8-2-1-3-9-15/h1-13,21,23H,14H2,(H,22,24). The van der Waals surface area contributed by atoms with Gasteiger partial charge in [-0.2, -0.15) is 0 Å². The van der Waals surface area contributed by atoms with E-state index in [0.717, 1.165) is 11.3 Å². The van der Waals surface area contributed by atoms with Crippen molar-refractivity contribution in [2.45, 2.75) is 6.54 Å². The van der Waals surface area contributed by atoms with Gasteiger partial charge in [0, 0.05) is 17.7 Å². The van der Waals surface area contributed by atoms with Gasteiger partial charge >= 0.3 is 0 Å². The lowest BCUT2D eigenvalue weighted by molar-refractivity contribution is 0.102. The fourth-order valence-corrected chi connectivity index (χ4v) is 2.38. The largest absolute Gasteiger partial charge is 0.508 e. The minimum Gasteiger partial charge on any atom is -0.508 e. The van der Waals surface area contributed by atoms with Crippen LogP contribution in [0.25, 0.3) is 0 Å². The number of carbonyl (C=O) groups excluding carboxylic acids is 1. The van der Waals surface area contributed by atoms with E-state index < -0.39 is 0 Å². The van der Waals surface area contributed by atoms with Crippen LogP contribution in [0.15, 0.2) is 78.9 Å². The van der Waals surface area contributed by atoms with Crippen molar-refractivity contribution < 1.29 is 9.90 Å². The molecule has 3 aromatic rings. The van der Waals surface area contributed by atoms with E-state index in [-0.39, 0.29) is 11.7 Å². The summed E-state index contributed by atoms with van der Waals surface area (Å²) in [5, 5.41) is 16.0. The van der Waals surface area contributed by atoms with Crippen molar-refractivity contribution in [3.8, 4) is 5.75 Å². The van der Waals surface area contributed by atoms with Gasteiger partial charge in [-0.1, -0.05) is 48.5 Å². The molecule has 0 fully saturated rings. The maximum atomic E-state index is 12.3. The zero-order valence-corrected chi connectivity index (χ0v) is 13.1. The van der Waals surface area contributed by atoms with Crippen LogP contribution >= 0.6 is 0 Å². The minimum atomic E-state index is -0.160. The molecule has 0 aromatic heterocycles. The van der Waals surface area contributed by atoms with Gasteiger partial charge in [-0.15, -0.1) is 0 Å². The molecule has 0 bridgehead atoms. The number of amides is 1. The van der Waals surface area contributed by atoms with Gasteiger partial charge in [0.15, 0.2) is 0 Å². The first kappa shape index (κ1) is 15.6. The third-order valence-corrected chi connectivity index (χ3v) is 3.67. The number of hydrogen-bond acceptors (Lipinski definition) is 3. The zero-order chi connectivity index (χ0) is 16.8. The van der Waals surface area contributed by atoms with Crippen molar-refractivity contribution in [2.75, 3.05) is 10.6 Å². The topological polar surface area (TPSA) is 61.4 Å². The Balaban J connectivity index is 1.74. The first-order valence-corrected chi connectivity index (χ1v) is 7.70. The molecule has 4 heteroatoms. The lowest BCUT2D eigenvalue weighted by atomic mass is 10.1. The Kier molecular flexibility index (Phi) is 4.77. The second-order valence-corrected chi connectivity index (χ2v) is 5.35. The lowest BCUT2D eigenvalue weighted by Crippen LogP contribution is -2.13. The van der Waals surface area contributed by atoms with Crippen LogP contribution in [0.2, 0.25) is 0 Å². The van der Waals surface area contributed by atoms with E-state index in [4.69, 9.17) is 0 Å². The van der Waals surface area contributed by atoms with Crippen LogP contribution in [0.4, 0.5) is 11.4 Å². The van der Waals surface area contributed by atoms with Crippen LogP contribution in [0.1, 0.15) is 15.9 Å². The fraction of sp³-hybridized carbons (Fsp3) is 0.0500. The van der Waals surface area contributed by atoms with E-state index in [2.05, 4.69) is 10.6 Å². The molecule has 0 saturated heterocycles. The van der Waals surface area contributed by atoms with Crippen molar-refractivity contribution >= 4 is 17.3 Å². The number of phenols is 1. The number of aromatic hydroxyl groups is 1. The summed E-state index contributed by atoms with van der Waals surface area (Å²) in [6.45, 7) is 0.463. The summed E-state index contributed by atoms with van der Waals surface area (Å²) in [7, 11) is 0. The molecule has 0 atom stereocenters. The predicted molar refractivity (Wildman–Crippen MR) is 96.3 cm³/mol. The summed E-state index contributed by atoms with van der Waals surface area (Å²) < 4.78 is 0. The summed E-state index contributed by atoms with van der Waals surface area (Å²) in [4.78, 5) is 12.3. The van der Waals surface area contributed by atoms with Crippen molar-refractivity contribution in [3.05, 3.63) is 90.0 Å². The molecule has 0 aliphatic carbocycles. The molecule has 0 saturated carbocycles. The molecule has 120 valence electrons. The van der Waals surface area contributed by atoms with Gasteiger partial charge in [-0.25, -0.2) is 0 Å². The van der Waals surface area contributed by atoms with Gasteiger partial charge in [0.05, 0.1) is 11.4 Å². The van der Waals surface area contributed by atoms with Crippen molar-refractivity contribution in [1.82, 2.24) is 0 Å². The molecule has 3 rings (SSSR count). The van der Waals surface area contributed by atoms with Crippen molar-refractivity contribution in [1.29, 1.82) is 0 Å².